The molecule has 0 unspecified atom stereocenters. The van der Waals surface area contributed by atoms with E-state index in [4.69, 9.17) is 5.11 Å². The summed E-state index contributed by atoms with van der Waals surface area (Å²) in [5, 5.41) is 9.14. The maximum absolute atomic E-state index is 12.2. The molecule has 0 aromatic rings. The third kappa shape index (κ3) is 4.01. The Morgan fingerprint density at radius 3 is 2.47 bits per heavy atom. The first-order valence-electron chi connectivity index (χ1n) is 7.35. The van der Waals surface area contributed by atoms with Gasteiger partial charge in [0.1, 0.15) is 5.78 Å². The molecule has 0 bridgehead atoms. The number of carbonyl (C=O) groups is 2. The molecule has 0 radical (unpaired) electrons. The molecule has 19 heavy (non-hydrogen) atoms. The largest absolute Gasteiger partial charge is 0.395 e. The Morgan fingerprint density at radius 1 is 1.26 bits per heavy atom. The van der Waals surface area contributed by atoms with Gasteiger partial charge in [0, 0.05) is 38.5 Å². The highest BCUT2D eigenvalue weighted by Crippen LogP contribution is 2.23. The van der Waals surface area contributed by atoms with Crippen LogP contribution in [0.2, 0.25) is 0 Å². The topological polar surface area (TPSA) is 60.9 Å². The van der Waals surface area contributed by atoms with Gasteiger partial charge in [0.05, 0.1) is 13.2 Å². The fourth-order valence-electron chi connectivity index (χ4n) is 3.07. The summed E-state index contributed by atoms with van der Waals surface area (Å²) in [5.41, 5.74) is 0. The van der Waals surface area contributed by atoms with Crippen molar-refractivity contribution in [2.45, 2.75) is 44.6 Å². The monoisotopic (exact) mass is 268 g/mol. The molecule has 0 spiro atoms. The van der Waals surface area contributed by atoms with Gasteiger partial charge in [-0.15, -0.1) is 0 Å². The van der Waals surface area contributed by atoms with Crippen molar-refractivity contribution >= 4 is 11.7 Å². The number of carbonyl (C=O) groups excluding carboxylic acids is 2. The summed E-state index contributed by atoms with van der Waals surface area (Å²) >= 11 is 0. The van der Waals surface area contributed by atoms with Gasteiger partial charge in [-0.3, -0.25) is 14.5 Å². The molecule has 2 fully saturated rings. The Bertz CT molecular complexity index is 317. The molecule has 1 saturated carbocycles. The first-order valence-corrected chi connectivity index (χ1v) is 7.35. The summed E-state index contributed by atoms with van der Waals surface area (Å²) in [6.45, 7) is 2.19. The number of ketones is 1. The van der Waals surface area contributed by atoms with Crippen molar-refractivity contribution in [3.63, 3.8) is 0 Å². The highest BCUT2D eigenvalue weighted by molar-refractivity contribution is 5.84. The fraction of sp³-hybridized carbons (Fsp3) is 0.857. The molecule has 1 heterocycles. The van der Waals surface area contributed by atoms with E-state index in [9.17, 15) is 9.59 Å². The van der Waals surface area contributed by atoms with E-state index in [1.807, 2.05) is 0 Å². The summed E-state index contributed by atoms with van der Waals surface area (Å²) in [7, 11) is 0. The first kappa shape index (κ1) is 14.5. The molecule has 1 saturated heterocycles. The molecule has 5 heteroatoms. The Labute approximate surface area is 114 Å². The van der Waals surface area contributed by atoms with Gasteiger partial charge in [-0.05, 0) is 12.8 Å². The first-order chi connectivity index (χ1) is 9.20. The number of likely N-dealkylation sites (tertiary alicyclic amines) is 1. The van der Waals surface area contributed by atoms with E-state index >= 15 is 0 Å². The lowest BCUT2D eigenvalue weighted by atomic mass is 10.1. The summed E-state index contributed by atoms with van der Waals surface area (Å²) < 4.78 is 0. The lowest BCUT2D eigenvalue weighted by Crippen LogP contribution is -2.47. The highest BCUT2D eigenvalue weighted by atomic mass is 16.3. The number of piperidine rings is 1. The molecule has 0 aromatic carbocycles. The number of nitrogens with zero attached hydrogens (tertiary/aromatic N) is 2. The van der Waals surface area contributed by atoms with Gasteiger partial charge in [-0.2, -0.15) is 0 Å². The highest BCUT2D eigenvalue weighted by Gasteiger charge is 2.27. The number of aliphatic hydroxyl groups is 1. The van der Waals surface area contributed by atoms with Crippen LogP contribution in [-0.2, 0) is 9.59 Å². The fourth-order valence-corrected chi connectivity index (χ4v) is 3.07. The van der Waals surface area contributed by atoms with E-state index in [1.165, 1.54) is 12.8 Å². The van der Waals surface area contributed by atoms with Gasteiger partial charge < -0.3 is 10.0 Å². The number of hydrogen-bond acceptors (Lipinski definition) is 4. The van der Waals surface area contributed by atoms with E-state index in [0.717, 1.165) is 12.8 Å². The van der Waals surface area contributed by atoms with Crippen LogP contribution in [0.4, 0.5) is 0 Å². The van der Waals surface area contributed by atoms with Gasteiger partial charge in [0.2, 0.25) is 5.91 Å². The van der Waals surface area contributed by atoms with Gasteiger partial charge in [0.15, 0.2) is 0 Å². The Kier molecular flexibility index (Phi) is 5.34. The van der Waals surface area contributed by atoms with Crippen molar-refractivity contribution in [3.8, 4) is 0 Å². The van der Waals surface area contributed by atoms with Crippen molar-refractivity contribution in [1.82, 2.24) is 9.80 Å². The van der Waals surface area contributed by atoms with Crippen LogP contribution in [0.15, 0.2) is 0 Å². The number of hydrogen-bond donors (Lipinski definition) is 1. The van der Waals surface area contributed by atoms with Crippen molar-refractivity contribution in [2.75, 3.05) is 32.8 Å². The van der Waals surface area contributed by atoms with Crippen LogP contribution in [0.5, 0.6) is 0 Å². The van der Waals surface area contributed by atoms with Crippen LogP contribution in [0, 0.1) is 0 Å². The van der Waals surface area contributed by atoms with Gasteiger partial charge in [-0.25, -0.2) is 0 Å². The van der Waals surface area contributed by atoms with Gasteiger partial charge in [0.25, 0.3) is 0 Å². The predicted octanol–water partition coefficient (Wildman–Crippen LogP) is 0.415. The number of Topliss-reactive ketones (excluding diaryl/α,β-unsaturated/α-hetero) is 1. The molecular formula is C14H24N2O3. The van der Waals surface area contributed by atoms with Crippen molar-refractivity contribution in [1.29, 1.82) is 0 Å². The third-order valence-electron chi connectivity index (χ3n) is 4.24. The van der Waals surface area contributed by atoms with Crippen molar-refractivity contribution < 1.29 is 14.7 Å². The second kappa shape index (κ2) is 7.01. The Balaban J connectivity index is 1.85. The molecule has 0 atom stereocenters. The normalized spacial score (nSPS) is 21.4. The molecule has 1 aliphatic heterocycles. The molecule has 1 N–H and O–H groups in total. The standard InChI is InChI=1S/C14H24N2O3/c17-10-9-16(12-3-1-2-4-12)11-14(19)15-7-5-13(18)6-8-15/h12,17H,1-11H2. The molecule has 2 rings (SSSR count). The summed E-state index contributed by atoms with van der Waals surface area (Å²) in [5.74, 6) is 0.361. The van der Waals surface area contributed by atoms with E-state index in [1.54, 1.807) is 4.90 Å². The zero-order chi connectivity index (χ0) is 13.7. The maximum Gasteiger partial charge on any atom is 0.236 e. The summed E-state index contributed by atoms with van der Waals surface area (Å²) in [6.07, 6.45) is 5.69. The quantitative estimate of drug-likeness (QED) is 0.785. The van der Waals surface area contributed by atoms with E-state index in [-0.39, 0.29) is 18.3 Å². The number of rotatable bonds is 5. The molecule has 1 aliphatic carbocycles. The van der Waals surface area contributed by atoms with Gasteiger partial charge in [-0.1, -0.05) is 12.8 Å². The van der Waals surface area contributed by atoms with Gasteiger partial charge >= 0.3 is 0 Å². The Hall–Kier alpha value is -0.940. The lowest BCUT2D eigenvalue weighted by Gasteiger charge is -2.32. The molecule has 5 nitrogen and oxygen atoms in total. The van der Waals surface area contributed by atoms with E-state index in [2.05, 4.69) is 4.90 Å². The van der Waals surface area contributed by atoms with E-state index < -0.39 is 0 Å². The van der Waals surface area contributed by atoms with E-state index in [0.29, 0.717) is 45.1 Å². The maximum atomic E-state index is 12.2. The lowest BCUT2D eigenvalue weighted by molar-refractivity contribution is -0.136. The van der Waals surface area contributed by atoms with Crippen LogP contribution >= 0.6 is 0 Å². The summed E-state index contributed by atoms with van der Waals surface area (Å²) in [6, 6.07) is 0.447. The van der Waals surface area contributed by atoms with Crippen molar-refractivity contribution in [2.24, 2.45) is 0 Å². The zero-order valence-electron chi connectivity index (χ0n) is 11.5. The molecule has 2 aliphatic rings. The van der Waals surface area contributed by atoms with Crippen LogP contribution in [0.25, 0.3) is 0 Å². The van der Waals surface area contributed by atoms with Crippen LogP contribution < -0.4 is 0 Å². The molecule has 0 aromatic heterocycles. The summed E-state index contributed by atoms with van der Waals surface area (Å²) in [4.78, 5) is 27.3. The van der Waals surface area contributed by atoms with Crippen molar-refractivity contribution in [3.05, 3.63) is 0 Å². The predicted molar refractivity (Wildman–Crippen MR) is 71.7 cm³/mol. The SMILES string of the molecule is O=C1CCN(C(=O)CN(CCO)C2CCCC2)CC1. The average Bonchev–Trinajstić information content (AvgIpc) is 2.92. The minimum atomic E-state index is 0.0995. The zero-order valence-corrected chi connectivity index (χ0v) is 11.5. The molecular weight excluding hydrogens is 244 g/mol. The Morgan fingerprint density at radius 2 is 1.89 bits per heavy atom. The van der Waals surface area contributed by atoms with Crippen LogP contribution in [0.1, 0.15) is 38.5 Å². The molecule has 108 valence electrons. The second-order valence-corrected chi connectivity index (χ2v) is 5.55. The number of aliphatic hydroxyl groups excluding tert-OH is 1. The van der Waals surface area contributed by atoms with Crippen LogP contribution in [0.3, 0.4) is 0 Å². The average molecular weight is 268 g/mol. The third-order valence-corrected chi connectivity index (χ3v) is 4.24. The minimum absolute atomic E-state index is 0.0995. The second-order valence-electron chi connectivity index (χ2n) is 5.55. The molecule has 1 amide bonds. The minimum Gasteiger partial charge on any atom is -0.395 e. The number of amides is 1. The van der Waals surface area contributed by atoms with Crippen LogP contribution in [-0.4, -0.2) is 65.4 Å². The smallest absolute Gasteiger partial charge is 0.236 e.